The van der Waals surface area contributed by atoms with Crippen LogP contribution in [-0.2, 0) is 15.5 Å². The molecule has 7 rings (SSSR count). The summed E-state index contributed by atoms with van der Waals surface area (Å²) in [5.41, 5.74) is 8.41. The van der Waals surface area contributed by atoms with E-state index in [0.717, 1.165) is 32.0 Å². The van der Waals surface area contributed by atoms with Gasteiger partial charge in [-0.15, -0.1) is 23.2 Å². The van der Waals surface area contributed by atoms with Gasteiger partial charge < -0.3 is 24.9 Å². The van der Waals surface area contributed by atoms with Crippen molar-refractivity contribution in [2.45, 2.75) is 11.8 Å². The van der Waals surface area contributed by atoms with Crippen molar-refractivity contribution < 1.29 is 14.2 Å². The predicted molar refractivity (Wildman–Crippen MR) is 150 cm³/mol. The van der Waals surface area contributed by atoms with Crippen molar-refractivity contribution in [3.8, 4) is 0 Å². The Labute approximate surface area is 236 Å². The van der Waals surface area contributed by atoms with Crippen LogP contribution in [0.4, 0.5) is 11.4 Å². The molecule has 1 aromatic heterocycles. The van der Waals surface area contributed by atoms with Crippen molar-refractivity contribution in [2.24, 2.45) is 40.5 Å². The highest BCUT2D eigenvalue weighted by Gasteiger charge is 2.59. The molecule has 204 valence electrons. The van der Waals surface area contributed by atoms with Crippen molar-refractivity contribution in [3.05, 3.63) is 72.4 Å². The molecule has 9 nitrogen and oxygen atoms in total. The molecule has 0 amide bonds. The van der Waals surface area contributed by atoms with Crippen LogP contribution in [0.25, 0.3) is 0 Å². The second-order valence-electron chi connectivity index (χ2n) is 10.5. The third-order valence-electron chi connectivity index (χ3n) is 8.23. The van der Waals surface area contributed by atoms with E-state index in [1.165, 1.54) is 11.4 Å². The Kier molecular flexibility index (Phi) is 7.36. The first-order valence-corrected chi connectivity index (χ1v) is 14.2. The number of carbonyl (C=O) groups excluding carboxylic acids is 1. The van der Waals surface area contributed by atoms with E-state index < -0.39 is 5.97 Å². The lowest BCUT2D eigenvalue weighted by molar-refractivity contribution is -0.140. The molecule has 2 aliphatic carbocycles. The summed E-state index contributed by atoms with van der Waals surface area (Å²) in [6, 6.07) is 20.9. The van der Waals surface area contributed by atoms with Crippen molar-refractivity contribution in [2.75, 3.05) is 41.9 Å². The fraction of sp³-hybridized carbons (Fsp3) is 0.429. The number of nitrogens with zero attached hydrogens (tertiary/aromatic N) is 5. The van der Waals surface area contributed by atoms with Gasteiger partial charge in [0.15, 0.2) is 5.82 Å². The molecule has 0 radical (unpaired) electrons. The Hall–Kier alpha value is -3.30. The first kappa shape index (κ1) is 26.0. The minimum absolute atomic E-state index is 0.212. The molecule has 4 atom stereocenters. The highest BCUT2D eigenvalue weighted by Crippen LogP contribution is 2.58. The summed E-state index contributed by atoms with van der Waals surface area (Å²) in [6.45, 7) is 4.12. The van der Waals surface area contributed by atoms with Crippen molar-refractivity contribution >= 4 is 46.4 Å². The number of fused-ring (bicyclic) bond motifs is 2. The number of amidine groups is 1. The predicted octanol–water partition coefficient (Wildman–Crippen LogP) is 4.08. The Bertz CT molecular complexity index is 1300. The van der Waals surface area contributed by atoms with Crippen molar-refractivity contribution in [3.63, 3.8) is 0 Å². The number of halogens is 2. The highest BCUT2D eigenvalue weighted by molar-refractivity contribution is 6.26. The van der Waals surface area contributed by atoms with Crippen LogP contribution in [0.15, 0.2) is 70.3 Å². The Morgan fingerprint density at radius 2 is 1.46 bits per heavy atom. The third kappa shape index (κ3) is 5.43. The average molecular weight is 569 g/mol. The van der Waals surface area contributed by atoms with Gasteiger partial charge in [0.1, 0.15) is 17.6 Å². The molecule has 0 spiro atoms. The zero-order valence-corrected chi connectivity index (χ0v) is 22.8. The monoisotopic (exact) mass is 568 g/mol. The van der Waals surface area contributed by atoms with Crippen LogP contribution < -0.4 is 15.5 Å². The summed E-state index contributed by atoms with van der Waals surface area (Å²) in [4.78, 5) is 24.7. The van der Waals surface area contributed by atoms with Crippen LogP contribution in [-0.4, -0.2) is 54.0 Å². The van der Waals surface area contributed by atoms with E-state index in [1.807, 2.05) is 18.2 Å². The Balaban J connectivity index is 0.000000142. The maximum absolute atomic E-state index is 10.9. The minimum Gasteiger partial charge on any atom is -0.384 e. The maximum atomic E-state index is 10.9. The molecule has 11 heteroatoms. The number of rotatable bonds is 7. The van der Waals surface area contributed by atoms with Gasteiger partial charge in [0, 0.05) is 49.4 Å². The first-order chi connectivity index (χ1) is 19.1. The van der Waals surface area contributed by atoms with E-state index >= 15 is 0 Å². The van der Waals surface area contributed by atoms with Gasteiger partial charge in [-0.05, 0) is 47.9 Å². The third-order valence-corrected chi connectivity index (χ3v) is 8.68. The van der Waals surface area contributed by atoms with Gasteiger partial charge in [-0.1, -0.05) is 46.7 Å². The van der Waals surface area contributed by atoms with E-state index in [-0.39, 0.29) is 11.8 Å². The normalized spacial score (nSPS) is 28.3. The molecule has 0 bridgehead atoms. The molecule has 3 aromatic rings. The standard InChI is InChI=1S/C14H16ClN3O2.C14H14ClN3O/c15-6-12(19)20-17-14(16)13-10-7-18(8-11(10)13)9-4-2-1-3-5-9;15-6-12-16-14(17-19-12)13-10-7-18(8-11(10)13)9-4-2-1-3-5-9/h1-5,10-11,13H,6-8H2,(H2,16,17);1-5,10-11,13H,6-8H2. The lowest BCUT2D eigenvalue weighted by Gasteiger charge is -2.21. The van der Waals surface area contributed by atoms with E-state index in [4.69, 9.17) is 33.5 Å². The van der Waals surface area contributed by atoms with Crippen molar-refractivity contribution in [1.82, 2.24) is 10.1 Å². The van der Waals surface area contributed by atoms with Gasteiger partial charge in [0.25, 0.3) is 0 Å². The number of carbonyl (C=O) groups is 1. The van der Waals surface area contributed by atoms with Crippen LogP contribution in [0.5, 0.6) is 0 Å². The largest absolute Gasteiger partial charge is 0.384 e. The van der Waals surface area contributed by atoms with Crippen LogP contribution in [0.1, 0.15) is 17.6 Å². The summed E-state index contributed by atoms with van der Waals surface area (Å²) >= 11 is 11.0. The van der Waals surface area contributed by atoms with Gasteiger partial charge in [-0.25, -0.2) is 4.79 Å². The fourth-order valence-corrected chi connectivity index (χ4v) is 6.38. The summed E-state index contributed by atoms with van der Waals surface area (Å²) < 4.78 is 5.09. The van der Waals surface area contributed by atoms with Crippen LogP contribution >= 0.6 is 23.2 Å². The Morgan fingerprint density at radius 1 is 0.923 bits per heavy atom. The molecule has 2 saturated carbocycles. The molecule has 2 aliphatic heterocycles. The highest BCUT2D eigenvalue weighted by atomic mass is 35.5. The van der Waals surface area contributed by atoms with E-state index in [2.05, 4.69) is 72.4 Å². The fourth-order valence-electron chi connectivity index (χ4n) is 6.22. The molecule has 2 N–H and O–H groups in total. The van der Waals surface area contributed by atoms with Gasteiger partial charge >= 0.3 is 5.97 Å². The van der Waals surface area contributed by atoms with Gasteiger partial charge in [-0.2, -0.15) is 4.98 Å². The zero-order chi connectivity index (χ0) is 26.9. The van der Waals surface area contributed by atoms with Crippen LogP contribution in [0.3, 0.4) is 0 Å². The van der Waals surface area contributed by atoms with Crippen LogP contribution in [0, 0.1) is 29.6 Å². The smallest absolute Gasteiger partial charge is 0.349 e. The maximum Gasteiger partial charge on any atom is 0.349 e. The van der Waals surface area contributed by atoms with Gasteiger partial charge in [0.2, 0.25) is 5.89 Å². The number of aromatic nitrogens is 2. The second kappa shape index (κ2) is 11.1. The Morgan fingerprint density at radius 3 is 1.95 bits per heavy atom. The molecular weight excluding hydrogens is 539 g/mol. The van der Waals surface area contributed by atoms with Gasteiger partial charge in [0.05, 0.1) is 0 Å². The number of hydrogen-bond acceptors (Lipinski definition) is 8. The van der Waals surface area contributed by atoms with E-state index in [1.54, 1.807) is 0 Å². The average Bonchev–Trinajstić information content (AvgIpc) is 3.52. The number of para-hydroxylation sites is 2. The molecule has 4 unspecified atom stereocenters. The van der Waals surface area contributed by atoms with Crippen LogP contribution in [0.2, 0.25) is 0 Å². The number of benzene rings is 2. The second-order valence-corrected chi connectivity index (χ2v) is 11.0. The first-order valence-electron chi connectivity index (χ1n) is 13.1. The topological polar surface area (TPSA) is 110 Å². The number of alkyl halides is 2. The summed E-state index contributed by atoms with van der Waals surface area (Å²) in [5, 5.41) is 7.72. The zero-order valence-electron chi connectivity index (χ0n) is 21.3. The number of oxime groups is 1. The molecule has 39 heavy (non-hydrogen) atoms. The molecule has 4 aliphatic rings. The summed E-state index contributed by atoms with van der Waals surface area (Å²) in [7, 11) is 0. The molecular formula is C28H30Cl2N6O3. The van der Waals surface area contributed by atoms with E-state index in [9.17, 15) is 4.79 Å². The molecule has 2 saturated heterocycles. The number of piperidine rings is 2. The summed E-state index contributed by atoms with van der Waals surface area (Å²) in [5.74, 6) is 4.35. The van der Waals surface area contributed by atoms with E-state index in [0.29, 0.717) is 47.2 Å². The molecule has 2 aromatic carbocycles. The minimum atomic E-state index is -0.577. The number of hydrogen-bond donors (Lipinski definition) is 1. The number of anilines is 2. The van der Waals surface area contributed by atoms with Crippen molar-refractivity contribution in [1.29, 1.82) is 0 Å². The quantitative estimate of drug-likeness (QED) is 0.149. The molecule has 3 heterocycles. The SMILES string of the molecule is ClCc1nc(C2C3CN(c4ccccc4)CC32)no1.N/C(=N\OC(=O)CCl)C1C2CN(c3ccccc3)CC21. The molecule has 4 fully saturated rings. The number of nitrogens with two attached hydrogens (primary N) is 1. The summed E-state index contributed by atoms with van der Waals surface area (Å²) in [6.07, 6.45) is 0. The lowest BCUT2D eigenvalue weighted by atomic mass is 10.2. The lowest BCUT2D eigenvalue weighted by Crippen LogP contribution is -2.28. The van der Waals surface area contributed by atoms with Gasteiger partial charge in [-0.3, -0.25) is 0 Å².